The van der Waals surface area contributed by atoms with Crippen LogP contribution in [0.25, 0.3) is 10.8 Å². The summed E-state index contributed by atoms with van der Waals surface area (Å²) >= 11 is 0. The van der Waals surface area contributed by atoms with Crippen molar-refractivity contribution in [1.29, 1.82) is 0 Å². The van der Waals surface area contributed by atoms with E-state index in [1.807, 2.05) is 54.6 Å². The molecule has 5 aromatic rings. The number of likely N-dealkylation sites (N-methyl/N-ethyl adjacent to an activating group) is 1. The molecule has 1 unspecified atom stereocenters. The lowest BCUT2D eigenvalue weighted by molar-refractivity contribution is -0.142. The monoisotopic (exact) mass is 1170 g/mol. The molecule has 0 aliphatic carbocycles. The standard InChI is InChI=1S/C65H81N5O11S2/c1-41(2)31-46-22-25-49(32-43-15-7-5-8-16-43)61(76)68-55(34-45-23-28-52(72)29-24-45)60(75)38-57(70(4)64(79)50-27-26-47-19-11-12-20-48(47)35-50)63(78)67-54(21-13-14-30-66)59(74)37-53(42(3)71)58(73)36-51(33-44-17-9-6-10-18-44)62(77)69-56(65(80)81)40-83-82-39-46/h5-12,15-20,23-24,26-29,35,41-42,46,49,51,53-57,71-72H,13-14,21-22,25,30-34,36-40,66H2,1-4H3,(H,67,78)(H,68,76)(H,69,77)(H,80,81)/t42?,46-,49+,51-,53+,54+,55+,56+,57+/m1/s1. The van der Waals surface area contributed by atoms with E-state index >= 15 is 14.4 Å². The van der Waals surface area contributed by atoms with Crippen LogP contribution in [0.4, 0.5) is 0 Å². The van der Waals surface area contributed by atoms with Gasteiger partial charge in [0.1, 0.15) is 23.6 Å². The number of aliphatic hydroxyl groups is 1. The number of ketones is 3. The summed E-state index contributed by atoms with van der Waals surface area (Å²) in [4.78, 5) is 118. The molecule has 0 spiro atoms. The van der Waals surface area contributed by atoms with E-state index in [2.05, 4.69) is 29.8 Å². The van der Waals surface area contributed by atoms with Crippen molar-refractivity contribution in [3.05, 3.63) is 150 Å². The minimum atomic E-state index is -1.56. The van der Waals surface area contributed by atoms with Crippen molar-refractivity contribution < 1.29 is 53.7 Å². The van der Waals surface area contributed by atoms with Crippen molar-refractivity contribution in [2.45, 2.75) is 128 Å². The Kier molecular flexibility index (Phi) is 25.8. The topological polar surface area (TPSA) is 263 Å². The van der Waals surface area contributed by atoms with Gasteiger partial charge in [-0.15, -0.1) is 0 Å². The molecule has 0 bridgehead atoms. The van der Waals surface area contributed by atoms with Crippen molar-refractivity contribution in [2.24, 2.45) is 35.3 Å². The van der Waals surface area contributed by atoms with Gasteiger partial charge < -0.3 is 41.9 Å². The highest BCUT2D eigenvalue weighted by Crippen LogP contribution is 2.32. The number of hydrogen-bond donors (Lipinski definition) is 7. The fourth-order valence-corrected chi connectivity index (χ4v) is 13.3. The predicted octanol–water partition coefficient (Wildman–Crippen LogP) is 8.33. The van der Waals surface area contributed by atoms with Gasteiger partial charge in [0.05, 0.1) is 24.1 Å². The van der Waals surface area contributed by atoms with Gasteiger partial charge >= 0.3 is 5.97 Å². The molecule has 0 radical (unpaired) electrons. The van der Waals surface area contributed by atoms with E-state index in [1.54, 1.807) is 60.7 Å². The third-order valence-corrected chi connectivity index (χ3v) is 18.0. The summed E-state index contributed by atoms with van der Waals surface area (Å²) < 4.78 is 0. The van der Waals surface area contributed by atoms with Gasteiger partial charge in [0.25, 0.3) is 5.91 Å². The number of nitrogens with one attached hydrogen (secondary N) is 3. The maximum Gasteiger partial charge on any atom is 0.327 e. The normalized spacial score (nSPS) is 23.0. The second-order valence-electron chi connectivity index (χ2n) is 22.4. The number of fused-ring (bicyclic) bond motifs is 1. The Balaban J connectivity index is 1.44. The molecule has 8 N–H and O–H groups in total. The van der Waals surface area contributed by atoms with Crippen LogP contribution in [-0.2, 0) is 52.8 Å². The molecule has 6 rings (SSSR count). The zero-order valence-electron chi connectivity index (χ0n) is 48.0. The number of carbonyl (C=O) groups is 8. The Bertz CT molecular complexity index is 2960. The van der Waals surface area contributed by atoms with Crippen molar-refractivity contribution >= 4 is 79.3 Å². The molecule has 1 aliphatic heterocycles. The van der Waals surface area contributed by atoms with Crippen molar-refractivity contribution in [2.75, 3.05) is 25.1 Å². The molecule has 444 valence electrons. The molecule has 1 fully saturated rings. The van der Waals surface area contributed by atoms with Gasteiger partial charge in [-0.05, 0) is 135 Å². The number of phenols is 1. The number of Topliss-reactive ketones (excluding diaryl/α,β-unsaturated/α-hetero) is 3. The van der Waals surface area contributed by atoms with Crippen LogP contribution in [0.5, 0.6) is 5.75 Å². The lowest BCUT2D eigenvalue weighted by Gasteiger charge is -2.31. The Labute approximate surface area is 495 Å². The second-order valence-corrected chi connectivity index (χ2v) is 25.0. The Morgan fingerprint density at radius 3 is 1.83 bits per heavy atom. The summed E-state index contributed by atoms with van der Waals surface area (Å²) in [5.41, 5.74) is 8.32. The molecule has 0 saturated carbocycles. The first-order valence-corrected chi connectivity index (χ1v) is 31.2. The number of unbranched alkanes of at least 4 members (excludes halogenated alkanes) is 1. The number of amides is 4. The number of benzene rings is 5. The zero-order valence-corrected chi connectivity index (χ0v) is 49.6. The SMILES string of the molecule is CC(C)C[C@H]1CC[C@@H](Cc2ccccc2)C(=O)N[C@@H](Cc2ccc(O)cc2)C(=O)C[C@H](N(C)C(=O)c2ccc3ccccc3c2)C(=O)N[C@@H](CCCCN)C(=O)C[C@@H](C(C)O)C(=O)C[C@@H](Cc2ccccc2)C(=O)N[C@H](C(=O)O)CSSC1. The Morgan fingerprint density at radius 1 is 0.627 bits per heavy atom. The average Bonchev–Trinajstić information content (AvgIpc) is 3.47. The number of phenolic OH excluding ortho intramolecular Hbond substituents is 1. The number of aliphatic hydroxyl groups excluding tert-OH is 1. The van der Waals surface area contributed by atoms with Crippen LogP contribution in [0.3, 0.4) is 0 Å². The molecule has 1 saturated heterocycles. The van der Waals surface area contributed by atoms with Crippen molar-refractivity contribution in [1.82, 2.24) is 20.9 Å². The van der Waals surface area contributed by atoms with Crippen molar-refractivity contribution in [3.8, 4) is 5.75 Å². The van der Waals surface area contributed by atoms with E-state index < -0.39 is 114 Å². The van der Waals surface area contributed by atoms with Crippen LogP contribution in [0, 0.1) is 29.6 Å². The number of rotatable bonds is 16. The highest BCUT2D eigenvalue weighted by Gasteiger charge is 2.38. The fourth-order valence-electron chi connectivity index (χ4n) is 10.7. The number of carboxylic acids is 1. The summed E-state index contributed by atoms with van der Waals surface area (Å²) in [5, 5.41) is 42.1. The van der Waals surface area contributed by atoms with Crippen LogP contribution in [-0.4, -0.2) is 123 Å². The van der Waals surface area contributed by atoms with Gasteiger partial charge in [-0.25, -0.2) is 4.79 Å². The number of aliphatic carboxylic acids is 1. The smallest absolute Gasteiger partial charge is 0.327 e. The van der Waals surface area contributed by atoms with Crippen LogP contribution >= 0.6 is 21.6 Å². The molecule has 0 aromatic heterocycles. The maximum absolute atomic E-state index is 15.3. The Hall–Kier alpha value is -6.86. The van der Waals surface area contributed by atoms with E-state index in [9.17, 15) is 39.3 Å². The summed E-state index contributed by atoms with van der Waals surface area (Å²) in [7, 11) is 4.17. The van der Waals surface area contributed by atoms with Gasteiger partial charge in [-0.2, -0.15) is 0 Å². The predicted molar refractivity (Wildman–Crippen MR) is 326 cm³/mol. The highest BCUT2D eigenvalue weighted by molar-refractivity contribution is 8.76. The second kappa shape index (κ2) is 32.8. The molecular formula is C65H81N5O11S2. The highest BCUT2D eigenvalue weighted by atomic mass is 33.1. The summed E-state index contributed by atoms with van der Waals surface area (Å²) in [6.07, 6.45) is -0.0129. The molecule has 9 atom stereocenters. The molecule has 1 heterocycles. The number of nitrogens with zero attached hydrogens (tertiary/aromatic N) is 1. The quantitative estimate of drug-likeness (QED) is 0.0362. The van der Waals surface area contributed by atoms with E-state index in [-0.39, 0.29) is 54.7 Å². The Morgan fingerprint density at radius 2 is 1.20 bits per heavy atom. The molecular weight excluding hydrogens is 1090 g/mol. The molecule has 5 aromatic carbocycles. The number of hydrogen-bond acceptors (Lipinski definition) is 13. The van der Waals surface area contributed by atoms with Gasteiger partial charge in [0, 0.05) is 55.2 Å². The summed E-state index contributed by atoms with van der Waals surface area (Å²) in [6, 6.07) is 31.8. The molecule has 4 amide bonds. The van der Waals surface area contributed by atoms with Crippen LogP contribution in [0.2, 0.25) is 0 Å². The fraction of sp³-hybridized carbons (Fsp3) is 0.446. The van der Waals surface area contributed by atoms with Gasteiger partial charge in [0.15, 0.2) is 11.6 Å². The molecule has 18 heteroatoms. The van der Waals surface area contributed by atoms with E-state index in [1.165, 1.54) is 47.7 Å². The van der Waals surface area contributed by atoms with Gasteiger partial charge in [-0.1, -0.05) is 139 Å². The van der Waals surface area contributed by atoms with Crippen LogP contribution in [0.15, 0.2) is 127 Å². The third-order valence-electron chi connectivity index (χ3n) is 15.4. The van der Waals surface area contributed by atoms with Gasteiger partial charge in [0.2, 0.25) is 17.7 Å². The summed E-state index contributed by atoms with van der Waals surface area (Å²) in [5.74, 6) is -7.81. The minimum absolute atomic E-state index is 0.00204. The molecule has 1 aliphatic rings. The van der Waals surface area contributed by atoms with Crippen molar-refractivity contribution in [3.63, 3.8) is 0 Å². The number of carboxylic acid groups (broad SMARTS) is 1. The van der Waals surface area contributed by atoms with Crippen LogP contribution < -0.4 is 21.7 Å². The first kappa shape index (κ1) is 65.3. The number of aromatic hydroxyl groups is 1. The first-order valence-electron chi connectivity index (χ1n) is 28.8. The zero-order chi connectivity index (χ0) is 60.0. The largest absolute Gasteiger partial charge is 0.508 e. The minimum Gasteiger partial charge on any atom is -0.508 e. The van der Waals surface area contributed by atoms with Crippen LogP contribution in [0.1, 0.15) is 106 Å². The number of carbonyl (C=O) groups excluding carboxylic acids is 7. The maximum atomic E-state index is 15.3. The molecule has 16 nitrogen and oxygen atoms in total. The average molecular weight is 1170 g/mol. The number of nitrogens with two attached hydrogens (primary N) is 1. The lowest BCUT2D eigenvalue weighted by atomic mass is 9.83. The van der Waals surface area contributed by atoms with E-state index in [4.69, 9.17) is 5.73 Å². The lowest BCUT2D eigenvalue weighted by Crippen LogP contribution is -2.55. The first-order chi connectivity index (χ1) is 39.8. The summed E-state index contributed by atoms with van der Waals surface area (Å²) in [6.45, 7) is 5.83. The third kappa shape index (κ3) is 20.5. The van der Waals surface area contributed by atoms with Gasteiger partial charge in [-0.3, -0.25) is 33.6 Å². The molecule has 83 heavy (non-hydrogen) atoms. The van der Waals surface area contributed by atoms with E-state index in [0.717, 1.165) is 27.7 Å². The van der Waals surface area contributed by atoms with E-state index in [0.29, 0.717) is 49.0 Å².